The molecule has 0 amide bonds. The van der Waals surface area contributed by atoms with Gasteiger partial charge < -0.3 is 10.1 Å². The molecule has 0 radical (unpaired) electrons. The van der Waals surface area contributed by atoms with E-state index >= 15 is 0 Å². The minimum absolute atomic E-state index is 0.259. The Hall–Kier alpha value is -2.81. The molecule has 0 aliphatic carbocycles. The third kappa shape index (κ3) is 4.00. The van der Waals surface area contributed by atoms with E-state index in [9.17, 15) is 9.59 Å². The largest absolute Gasteiger partial charge is 0.477 e. The molecule has 2 aromatic carbocycles. The average Bonchev–Trinajstić information content (AvgIpc) is 2.61. The summed E-state index contributed by atoms with van der Waals surface area (Å²) in [6.07, 6.45) is 1.33. The number of H-pyrrole nitrogens is 1. The molecule has 0 atom stereocenters. The molecular formula is C18H12IN3O3. The van der Waals surface area contributed by atoms with Crippen LogP contribution < -0.4 is 5.56 Å². The van der Waals surface area contributed by atoms with Crippen molar-refractivity contribution < 1.29 is 9.90 Å². The number of hydrogen-bond donors (Lipinski definition) is 2. The first-order valence-corrected chi connectivity index (χ1v) is 8.35. The highest BCUT2D eigenvalue weighted by Crippen LogP contribution is 2.31. The Balaban J connectivity index is 1.99. The molecule has 1 aromatic heterocycles. The molecule has 3 aromatic rings. The van der Waals surface area contributed by atoms with Crippen molar-refractivity contribution in [2.45, 2.75) is 0 Å². The molecule has 1 heterocycles. The Kier molecular flexibility index (Phi) is 5.03. The van der Waals surface area contributed by atoms with E-state index in [1.165, 1.54) is 12.3 Å². The number of carboxylic acid groups (broad SMARTS) is 1. The van der Waals surface area contributed by atoms with Gasteiger partial charge in [-0.2, -0.15) is 0 Å². The minimum atomic E-state index is -1.31. The molecule has 7 heteroatoms. The third-order valence-electron chi connectivity index (χ3n) is 3.43. The zero-order chi connectivity index (χ0) is 17.8. The predicted molar refractivity (Wildman–Crippen MR) is 103 cm³/mol. The van der Waals surface area contributed by atoms with E-state index in [4.69, 9.17) is 5.11 Å². The Morgan fingerprint density at radius 1 is 1.04 bits per heavy atom. The lowest BCUT2D eigenvalue weighted by Gasteiger charge is -2.05. The normalized spacial score (nSPS) is 10.9. The van der Waals surface area contributed by atoms with Gasteiger partial charge in [-0.1, -0.05) is 30.3 Å². The molecule has 6 nitrogen and oxygen atoms in total. The molecule has 0 spiro atoms. The predicted octanol–water partition coefficient (Wildman–Crippen LogP) is 4.76. The smallest absolute Gasteiger partial charge is 0.341 e. The lowest BCUT2D eigenvalue weighted by Crippen LogP contribution is -2.15. The van der Waals surface area contributed by atoms with Gasteiger partial charge in [0, 0.05) is 15.3 Å². The number of aromatic amines is 1. The number of carbonyl (C=O) groups is 1. The summed E-state index contributed by atoms with van der Waals surface area (Å²) in [5, 5.41) is 17.3. The molecule has 25 heavy (non-hydrogen) atoms. The molecule has 0 unspecified atom stereocenters. The van der Waals surface area contributed by atoms with Gasteiger partial charge in [-0.05, 0) is 52.4 Å². The van der Waals surface area contributed by atoms with Gasteiger partial charge in [0.15, 0.2) is 0 Å². The van der Waals surface area contributed by atoms with Crippen LogP contribution in [-0.2, 0) is 0 Å². The molecule has 0 fully saturated rings. The first kappa shape index (κ1) is 17.0. The Morgan fingerprint density at radius 2 is 1.84 bits per heavy atom. The molecule has 0 aliphatic rings. The summed E-state index contributed by atoms with van der Waals surface area (Å²) in [4.78, 5) is 24.8. The van der Waals surface area contributed by atoms with Crippen LogP contribution in [0.2, 0.25) is 0 Å². The van der Waals surface area contributed by atoms with E-state index in [2.05, 4.69) is 37.8 Å². The van der Waals surface area contributed by atoms with Gasteiger partial charge in [0.25, 0.3) is 5.56 Å². The van der Waals surface area contributed by atoms with Crippen LogP contribution in [0.4, 0.5) is 11.4 Å². The van der Waals surface area contributed by atoms with Crippen molar-refractivity contribution >= 4 is 39.9 Å². The second-order valence-corrected chi connectivity index (χ2v) is 6.38. The number of benzene rings is 2. The van der Waals surface area contributed by atoms with Crippen LogP contribution in [0, 0.1) is 3.57 Å². The molecule has 2 N–H and O–H groups in total. The maximum Gasteiger partial charge on any atom is 0.341 e. The van der Waals surface area contributed by atoms with E-state index in [-0.39, 0.29) is 11.3 Å². The number of nitrogens with zero attached hydrogens (tertiary/aromatic N) is 2. The lowest BCUT2D eigenvalue weighted by molar-refractivity contribution is 0.0695. The zero-order valence-electron chi connectivity index (χ0n) is 12.8. The number of azo groups is 1. The number of nitrogens with one attached hydrogen (secondary N) is 1. The standard InChI is InChI=1S/C18H12IN3O3/c19-12-5-3-4-11(8-12)14-6-1-2-7-16(14)22-21-13-9-15(18(24)25)17(23)20-10-13/h1-10H,(H,20,23)(H,24,25). The molecular weight excluding hydrogens is 433 g/mol. The summed E-state index contributed by atoms with van der Waals surface area (Å²) in [5.41, 5.74) is 1.77. The fraction of sp³-hybridized carbons (Fsp3) is 0. The third-order valence-corrected chi connectivity index (χ3v) is 4.10. The van der Waals surface area contributed by atoms with Gasteiger partial charge in [0.1, 0.15) is 11.3 Å². The summed E-state index contributed by atoms with van der Waals surface area (Å²) < 4.78 is 1.11. The molecule has 0 saturated heterocycles. The Labute approximate surface area is 156 Å². The van der Waals surface area contributed by atoms with Crippen LogP contribution in [0.1, 0.15) is 10.4 Å². The molecule has 0 bridgehead atoms. The Morgan fingerprint density at radius 3 is 2.60 bits per heavy atom. The first-order valence-electron chi connectivity index (χ1n) is 7.27. The van der Waals surface area contributed by atoms with Crippen molar-refractivity contribution in [2.75, 3.05) is 0 Å². The molecule has 124 valence electrons. The van der Waals surface area contributed by atoms with E-state index < -0.39 is 11.5 Å². The van der Waals surface area contributed by atoms with Crippen LogP contribution in [0.15, 0.2) is 75.8 Å². The fourth-order valence-corrected chi connectivity index (χ4v) is 2.80. The maximum absolute atomic E-state index is 11.4. The average molecular weight is 445 g/mol. The van der Waals surface area contributed by atoms with Gasteiger partial charge in [-0.3, -0.25) is 4.79 Å². The van der Waals surface area contributed by atoms with E-state index in [0.29, 0.717) is 5.69 Å². The van der Waals surface area contributed by atoms with Crippen molar-refractivity contribution in [1.82, 2.24) is 4.98 Å². The maximum atomic E-state index is 11.4. The summed E-state index contributed by atoms with van der Waals surface area (Å²) >= 11 is 2.24. The van der Waals surface area contributed by atoms with Crippen molar-refractivity contribution in [1.29, 1.82) is 0 Å². The van der Waals surface area contributed by atoms with Crippen LogP contribution in [0.5, 0.6) is 0 Å². The van der Waals surface area contributed by atoms with Gasteiger partial charge >= 0.3 is 5.97 Å². The van der Waals surface area contributed by atoms with Gasteiger partial charge in [-0.15, -0.1) is 10.2 Å². The number of halogens is 1. The van der Waals surface area contributed by atoms with Crippen LogP contribution in [0.3, 0.4) is 0 Å². The number of carboxylic acids is 1. The van der Waals surface area contributed by atoms with Crippen molar-refractivity contribution in [3.8, 4) is 11.1 Å². The second kappa shape index (κ2) is 7.39. The molecule has 0 aliphatic heterocycles. The van der Waals surface area contributed by atoms with E-state index in [1.54, 1.807) is 0 Å². The monoisotopic (exact) mass is 445 g/mol. The van der Waals surface area contributed by atoms with Crippen LogP contribution in [0.25, 0.3) is 11.1 Å². The van der Waals surface area contributed by atoms with E-state index in [1.807, 2.05) is 48.5 Å². The zero-order valence-corrected chi connectivity index (χ0v) is 15.0. The number of aromatic nitrogens is 1. The minimum Gasteiger partial charge on any atom is -0.477 e. The number of aromatic carboxylic acids is 1. The quantitative estimate of drug-likeness (QED) is 0.448. The highest BCUT2D eigenvalue weighted by atomic mass is 127. The number of pyridine rings is 1. The van der Waals surface area contributed by atoms with E-state index in [0.717, 1.165) is 14.7 Å². The fourth-order valence-electron chi connectivity index (χ4n) is 2.26. The lowest BCUT2D eigenvalue weighted by atomic mass is 10.0. The first-order chi connectivity index (χ1) is 12.0. The van der Waals surface area contributed by atoms with Crippen molar-refractivity contribution in [2.24, 2.45) is 10.2 Å². The number of hydrogen-bond acceptors (Lipinski definition) is 4. The van der Waals surface area contributed by atoms with Gasteiger partial charge in [-0.25, -0.2) is 4.79 Å². The highest BCUT2D eigenvalue weighted by molar-refractivity contribution is 14.1. The SMILES string of the molecule is O=C(O)c1cc(N=Nc2ccccc2-c2cccc(I)c2)c[nH]c1=O. The van der Waals surface area contributed by atoms with Crippen molar-refractivity contribution in [3.63, 3.8) is 0 Å². The summed E-state index contributed by atoms with van der Waals surface area (Å²) in [7, 11) is 0. The summed E-state index contributed by atoms with van der Waals surface area (Å²) in [5.74, 6) is -1.31. The molecule has 0 saturated carbocycles. The summed E-state index contributed by atoms with van der Waals surface area (Å²) in [6, 6.07) is 16.7. The Bertz CT molecular complexity index is 1030. The van der Waals surface area contributed by atoms with Crippen LogP contribution in [-0.4, -0.2) is 16.1 Å². The van der Waals surface area contributed by atoms with Crippen LogP contribution >= 0.6 is 22.6 Å². The number of rotatable bonds is 4. The summed E-state index contributed by atoms with van der Waals surface area (Å²) in [6.45, 7) is 0. The van der Waals surface area contributed by atoms with Gasteiger partial charge in [0.2, 0.25) is 0 Å². The highest BCUT2D eigenvalue weighted by Gasteiger charge is 2.09. The topological polar surface area (TPSA) is 94.9 Å². The van der Waals surface area contributed by atoms with Crippen molar-refractivity contribution in [3.05, 3.63) is 80.3 Å². The van der Waals surface area contributed by atoms with Gasteiger partial charge in [0.05, 0.1) is 5.69 Å². The second-order valence-electron chi connectivity index (χ2n) is 5.13. The molecule has 3 rings (SSSR count).